The molecule has 0 aliphatic rings. The second-order valence-corrected chi connectivity index (χ2v) is 6.41. The highest BCUT2D eigenvalue weighted by atomic mass is 16.5. The third kappa shape index (κ3) is 5.19. The van der Waals surface area contributed by atoms with Crippen LogP contribution in [0.3, 0.4) is 0 Å². The molecule has 1 unspecified atom stereocenters. The zero-order valence-corrected chi connectivity index (χ0v) is 15.3. The standard InChI is InChI=1S/C23H23NO3/c1-18(25)24(26)23(16-19-8-4-2-5-9-19)21-12-14-22(15-13-21)27-17-20-10-6-3-7-11-20/h2-15,23,26H,16-17H2,1H3. The van der Waals surface area contributed by atoms with E-state index in [4.69, 9.17) is 4.74 Å². The number of amides is 1. The van der Waals surface area contributed by atoms with Gasteiger partial charge in [0.15, 0.2) is 0 Å². The molecule has 0 fully saturated rings. The first-order valence-corrected chi connectivity index (χ1v) is 8.93. The van der Waals surface area contributed by atoms with Gasteiger partial charge < -0.3 is 4.74 Å². The fraction of sp³-hybridized carbons (Fsp3) is 0.174. The molecule has 27 heavy (non-hydrogen) atoms. The number of rotatable bonds is 7. The number of hydrogen-bond donors (Lipinski definition) is 1. The number of hydroxylamine groups is 2. The molecule has 0 heterocycles. The van der Waals surface area contributed by atoms with E-state index < -0.39 is 6.04 Å². The lowest BCUT2D eigenvalue weighted by atomic mass is 9.98. The minimum absolute atomic E-state index is 0.389. The largest absolute Gasteiger partial charge is 0.489 e. The molecule has 0 bridgehead atoms. The fourth-order valence-corrected chi connectivity index (χ4v) is 2.93. The molecule has 0 saturated carbocycles. The van der Waals surface area contributed by atoms with Crippen LogP contribution in [0.4, 0.5) is 0 Å². The van der Waals surface area contributed by atoms with Gasteiger partial charge in [0.25, 0.3) is 0 Å². The van der Waals surface area contributed by atoms with Crippen LogP contribution >= 0.6 is 0 Å². The summed E-state index contributed by atoms with van der Waals surface area (Å²) in [4.78, 5) is 11.7. The summed E-state index contributed by atoms with van der Waals surface area (Å²) < 4.78 is 5.81. The van der Waals surface area contributed by atoms with Crippen molar-refractivity contribution in [2.24, 2.45) is 0 Å². The highest BCUT2D eigenvalue weighted by Crippen LogP contribution is 2.26. The lowest BCUT2D eigenvalue weighted by Gasteiger charge is -2.26. The second kappa shape index (κ2) is 9.01. The second-order valence-electron chi connectivity index (χ2n) is 6.41. The average molecular weight is 361 g/mol. The van der Waals surface area contributed by atoms with Gasteiger partial charge in [-0.2, -0.15) is 0 Å². The summed E-state index contributed by atoms with van der Waals surface area (Å²) in [6, 6.07) is 26.8. The number of ether oxygens (including phenoxy) is 1. The van der Waals surface area contributed by atoms with Gasteiger partial charge in [-0.15, -0.1) is 0 Å². The number of carbonyl (C=O) groups is 1. The number of benzene rings is 3. The monoisotopic (exact) mass is 361 g/mol. The van der Waals surface area contributed by atoms with Gasteiger partial charge >= 0.3 is 0 Å². The molecule has 0 aliphatic heterocycles. The molecule has 1 N–H and O–H groups in total. The van der Waals surface area contributed by atoms with Crippen molar-refractivity contribution in [2.75, 3.05) is 0 Å². The fourth-order valence-electron chi connectivity index (χ4n) is 2.93. The van der Waals surface area contributed by atoms with Crippen LogP contribution in [0.25, 0.3) is 0 Å². The first kappa shape index (κ1) is 18.7. The van der Waals surface area contributed by atoms with Crippen molar-refractivity contribution in [3.05, 3.63) is 102 Å². The minimum atomic E-state index is -0.451. The van der Waals surface area contributed by atoms with Crippen LogP contribution in [0.2, 0.25) is 0 Å². The van der Waals surface area contributed by atoms with Gasteiger partial charge in [0, 0.05) is 6.92 Å². The van der Waals surface area contributed by atoms with Gasteiger partial charge in [-0.3, -0.25) is 10.0 Å². The Kier molecular flexibility index (Phi) is 6.23. The number of carbonyl (C=O) groups excluding carboxylic acids is 1. The Morgan fingerprint density at radius 3 is 2.00 bits per heavy atom. The number of nitrogens with zero attached hydrogens (tertiary/aromatic N) is 1. The molecule has 0 saturated heterocycles. The quantitative estimate of drug-likeness (QED) is 0.486. The lowest BCUT2D eigenvalue weighted by Crippen LogP contribution is -2.31. The molecule has 3 aromatic rings. The highest BCUT2D eigenvalue weighted by molar-refractivity contribution is 5.72. The normalized spacial score (nSPS) is 11.6. The Bertz CT molecular complexity index is 848. The zero-order valence-electron chi connectivity index (χ0n) is 15.3. The van der Waals surface area contributed by atoms with Crippen LogP contribution in [0.1, 0.15) is 29.7 Å². The molecule has 3 rings (SSSR count). The molecule has 3 aromatic carbocycles. The van der Waals surface area contributed by atoms with Crippen molar-refractivity contribution >= 4 is 5.91 Å². The topological polar surface area (TPSA) is 49.8 Å². The summed E-state index contributed by atoms with van der Waals surface area (Å²) >= 11 is 0. The van der Waals surface area contributed by atoms with Gasteiger partial charge in [-0.1, -0.05) is 72.8 Å². The SMILES string of the molecule is CC(=O)N(O)C(Cc1ccccc1)c1ccc(OCc2ccccc2)cc1. The van der Waals surface area contributed by atoms with E-state index in [0.717, 1.165) is 27.5 Å². The predicted octanol–water partition coefficient (Wildman–Crippen LogP) is 4.79. The van der Waals surface area contributed by atoms with Gasteiger partial charge in [0.2, 0.25) is 5.91 Å². The lowest BCUT2D eigenvalue weighted by molar-refractivity contribution is -0.174. The summed E-state index contributed by atoms with van der Waals surface area (Å²) in [5.74, 6) is 0.355. The summed E-state index contributed by atoms with van der Waals surface area (Å²) in [5, 5.41) is 11.1. The van der Waals surface area contributed by atoms with Crippen molar-refractivity contribution in [3.63, 3.8) is 0 Å². The van der Waals surface area contributed by atoms with Crippen molar-refractivity contribution in [2.45, 2.75) is 26.0 Å². The molecule has 0 spiro atoms. The van der Waals surface area contributed by atoms with Crippen LogP contribution < -0.4 is 4.74 Å². The Morgan fingerprint density at radius 2 is 1.44 bits per heavy atom. The molecule has 4 nitrogen and oxygen atoms in total. The first-order chi connectivity index (χ1) is 13.1. The van der Waals surface area contributed by atoms with E-state index in [1.807, 2.05) is 84.9 Å². The van der Waals surface area contributed by atoms with Gasteiger partial charge in [-0.25, -0.2) is 5.06 Å². The van der Waals surface area contributed by atoms with E-state index >= 15 is 0 Å². The average Bonchev–Trinajstić information content (AvgIpc) is 2.72. The van der Waals surface area contributed by atoms with E-state index in [-0.39, 0.29) is 5.91 Å². The smallest absolute Gasteiger partial charge is 0.243 e. The predicted molar refractivity (Wildman–Crippen MR) is 104 cm³/mol. The maximum absolute atomic E-state index is 11.7. The third-order valence-corrected chi connectivity index (χ3v) is 4.40. The summed E-state index contributed by atoms with van der Waals surface area (Å²) in [5.41, 5.74) is 3.00. The van der Waals surface area contributed by atoms with E-state index in [2.05, 4.69) is 0 Å². The van der Waals surface area contributed by atoms with E-state index in [9.17, 15) is 10.0 Å². The summed E-state index contributed by atoms with van der Waals surface area (Å²) in [7, 11) is 0. The molecule has 0 aromatic heterocycles. The van der Waals surface area contributed by atoms with E-state index in [1.165, 1.54) is 6.92 Å². The Balaban J connectivity index is 1.73. The molecule has 138 valence electrons. The summed E-state index contributed by atoms with van der Waals surface area (Å²) in [6.45, 7) is 1.85. The van der Waals surface area contributed by atoms with E-state index in [0.29, 0.717) is 13.0 Å². The molecule has 0 aliphatic carbocycles. The van der Waals surface area contributed by atoms with Crippen molar-refractivity contribution < 1.29 is 14.7 Å². The van der Waals surface area contributed by atoms with Crippen molar-refractivity contribution in [1.29, 1.82) is 0 Å². The Labute approximate surface area is 159 Å². The Hall–Kier alpha value is -3.11. The molecular weight excluding hydrogens is 338 g/mol. The van der Waals surface area contributed by atoms with Gasteiger partial charge in [0.05, 0.1) is 6.04 Å². The molecule has 0 radical (unpaired) electrons. The van der Waals surface area contributed by atoms with Gasteiger partial charge in [0.1, 0.15) is 12.4 Å². The third-order valence-electron chi connectivity index (χ3n) is 4.40. The van der Waals surface area contributed by atoms with Crippen LogP contribution in [-0.2, 0) is 17.8 Å². The first-order valence-electron chi connectivity index (χ1n) is 8.93. The van der Waals surface area contributed by atoms with Gasteiger partial charge in [-0.05, 0) is 35.2 Å². The summed E-state index contributed by atoms with van der Waals surface area (Å²) in [6.07, 6.45) is 0.529. The van der Waals surface area contributed by atoms with E-state index in [1.54, 1.807) is 0 Å². The zero-order chi connectivity index (χ0) is 19.1. The van der Waals surface area contributed by atoms with Crippen LogP contribution in [0, 0.1) is 0 Å². The highest BCUT2D eigenvalue weighted by Gasteiger charge is 2.22. The number of hydrogen-bond acceptors (Lipinski definition) is 3. The maximum Gasteiger partial charge on any atom is 0.243 e. The van der Waals surface area contributed by atoms with Crippen LogP contribution in [0.5, 0.6) is 5.75 Å². The Morgan fingerprint density at radius 1 is 0.889 bits per heavy atom. The minimum Gasteiger partial charge on any atom is -0.489 e. The van der Waals surface area contributed by atoms with Crippen molar-refractivity contribution in [3.8, 4) is 5.75 Å². The van der Waals surface area contributed by atoms with Crippen LogP contribution in [0.15, 0.2) is 84.9 Å². The van der Waals surface area contributed by atoms with Crippen LogP contribution in [-0.4, -0.2) is 16.2 Å². The van der Waals surface area contributed by atoms with Crippen molar-refractivity contribution in [1.82, 2.24) is 5.06 Å². The molecule has 1 atom stereocenters. The molecule has 4 heteroatoms. The molecular formula is C23H23NO3. The molecule has 1 amide bonds. The maximum atomic E-state index is 11.7.